The molecule has 0 aliphatic heterocycles. The standard InChI is InChI=1S/C8H8/c1-2-8-6-4-3-5-7-8/h1,8H,3-4,6H2. The molecule has 0 aromatic heterocycles. The van der Waals surface area contributed by atoms with E-state index in [1.165, 1.54) is 6.42 Å². The molecule has 0 spiro atoms. The molecule has 40 valence electrons. The fourth-order valence-corrected chi connectivity index (χ4v) is 0.787. The smallest absolute Gasteiger partial charge is 0.0809 e. The summed E-state index contributed by atoms with van der Waals surface area (Å²) in [7, 11) is 0. The minimum absolute atomic E-state index is 0.253. The van der Waals surface area contributed by atoms with Crippen molar-refractivity contribution >= 4 is 0 Å². The monoisotopic (exact) mass is 104 g/mol. The lowest BCUT2D eigenvalue weighted by Crippen LogP contribution is -1.96. The second-order valence-corrected chi connectivity index (χ2v) is 1.93. The molecule has 0 heteroatoms. The quantitative estimate of drug-likeness (QED) is 0.408. The summed E-state index contributed by atoms with van der Waals surface area (Å²) in [6.45, 7) is 0. The first-order chi connectivity index (χ1) is 3.93. The van der Waals surface area contributed by atoms with Crippen molar-refractivity contribution in [3.63, 3.8) is 0 Å². The second-order valence-electron chi connectivity index (χ2n) is 1.93. The molecule has 0 N–H and O–H groups in total. The predicted molar refractivity (Wildman–Crippen MR) is 33.9 cm³/mol. The van der Waals surface area contributed by atoms with Gasteiger partial charge in [0.05, 0.1) is 5.92 Å². The van der Waals surface area contributed by atoms with Gasteiger partial charge in [0.25, 0.3) is 0 Å². The Bertz CT molecular complexity index is 161. The summed E-state index contributed by atoms with van der Waals surface area (Å²) in [6.07, 6.45) is 8.47. The highest BCUT2D eigenvalue weighted by atomic mass is 14.0. The van der Waals surface area contributed by atoms with Gasteiger partial charge in [-0.1, -0.05) is 11.8 Å². The molecule has 0 heterocycles. The lowest BCUT2D eigenvalue weighted by molar-refractivity contribution is 0.679. The number of terminal acetylenes is 1. The minimum Gasteiger partial charge on any atom is -0.119 e. The maximum Gasteiger partial charge on any atom is 0.0809 e. The predicted octanol–water partition coefficient (Wildman–Crippen LogP) is 1.42. The van der Waals surface area contributed by atoms with Gasteiger partial charge in [-0.3, -0.25) is 0 Å². The van der Waals surface area contributed by atoms with Crippen molar-refractivity contribution in [3.05, 3.63) is 0 Å². The van der Waals surface area contributed by atoms with E-state index < -0.39 is 0 Å². The Morgan fingerprint density at radius 2 is 2.50 bits per heavy atom. The van der Waals surface area contributed by atoms with Gasteiger partial charge in [-0.2, -0.15) is 0 Å². The Morgan fingerprint density at radius 1 is 1.62 bits per heavy atom. The van der Waals surface area contributed by atoms with E-state index in [2.05, 4.69) is 17.8 Å². The molecule has 8 heavy (non-hydrogen) atoms. The number of hydrogen-bond acceptors (Lipinski definition) is 0. The Hall–Kier alpha value is -0.880. The fraction of sp³-hybridized carbons (Fsp3) is 0.500. The van der Waals surface area contributed by atoms with Crippen molar-refractivity contribution in [1.82, 2.24) is 0 Å². The fourth-order valence-electron chi connectivity index (χ4n) is 0.787. The van der Waals surface area contributed by atoms with Crippen molar-refractivity contribution in [2.45, 2.75) is 19.3 Å². The summed E-state index contributed by atoms with van der Waals surface area (Å²) in [4.78, 5) is 0. The molecule has 0 bridgehead atoms. The van der Waals surface area contributed by atoms with Crippen LogP contribution in [0.1, 0.15) is 19.3 Å². The molecule has 1 rings (SSSR count). The van der Waals surface area contributed by atoms with Crippen molar-refractivity contribution in [2.75, 3.05) is 0 Å². The average molecular weight is 104 g/mol. The highest BCUT2D eigenvalue weighted by Gasteiger charge is 2.01. The molecule has 0 nitrogen and oxygen atoms in total. The van der Waals surface area contributed by atoms with Gasteiger partial charge in [-0.25, -0.2) is 0 Å². The SMILES string of the molecule is C#CC1C#CCCC1. The normalized spacial score (nSPS) is 25.1. The van der Waals surface area contributed by atoms with E-state index in [0.717, 1.165) is 12.8 Å². The molecular formula is C8H8. The van der Waals surface area contributed by atoms with Crippen LogP contribution in [-0.2, 0) is 0 Å². The molecule has 1 aliphatic carbocycles. The van der Waals surface area contributed by atoms with Crippen molar-refractivity contribution in [2.24, 2.45) is 5.92 Å². The van der Waals surface area contributed by atoms with Crippen LogP contribution in [-0.4, -0.2) is 0 Å². The van der Waals surface area contributed by atoms with Crippen LogP contribution >= 0.6 is 0 Å². The van der Waals surface area contributed by atoms with E-state index in [9.17, 15) is 0 Å². The molecule has 1 aliphatic rings. The van der Waals surface area contributed by atoms with Gasteiger partial charge in [-0.15, -0.1) is 12.3 Å². The van der Waals surface area contributed by atoms with Crippen LogP contribution < -0.4 is 0 Å². The Kier molecular flexibility index (Phi) is 1.60. The average Bonchev–Trinajstić information content (AvgIpc) is 1.90. The molecule has 0 amide bonds. The zero-order chi connectivity index (χ0) is 5.82. The van der Waals surface area contributed by atoms with E-state index in [0.29, 0.717) is 0 Å². The van der Waals surface area contributed by atoms with Gasteiger partial charge in [-0.05, 0) is 12.8 Å². The van der Waals surface area contributed by atoms with Crippen LogP contribution in [0.5, 0.6) is 0 Å². The van der Waals surface area contributed by atoms with Crippen molar-refractivity contribution < 1.29 is 0 Å². The number of hydrogen-bond donors (Lipinski definition) is 0. The van der Waals surface area contributed by atoms with E-state index in [4.69, 9.17) is 6.42 Å². The molecule has 0 saturated heterocycles. The summed E-state index contributed by atoms with van der Waals surface area (Å²) >= 11 is 0. The van der Waals surface area contributed by atoms with Crippen molar-refractivity contribution in [1.29, 1.82) is 0 Å². The first-order valence-corrected chi connectivity index (χ1v) is 2.88. The van der Waals surface area contributed by atoms with Gasteiger partial charge in [0.2, 0.25) is 0 Å². The topological polar surface area (TPSA) is 0 Å². The van der Waals surface area contributed by atoms with Crippen LogP contribution in [0, 0.1) is 30.1 Å². The highest BCUT2D eigenvalue weighted by Crippen LogP contribution is 2.09. The van der Waals surface area contributed by atoms with Gasteiger partial charge in [0, 0.05) is 6.42 Å². The largest absolute Gasteiger partial charge is 0.119 e. The van der Waals surface area contributed by atoms with Gasteiger partial charge < -0.3 is 0 Å². The van der Waals surface area contributed by atoms with Crippen LogP contribution in [0.2, 0.25) is 0 Å². The summed E-state index contributed by atoms with van der Waals surface area (Å²) in [5, 5.41) is 0. The third-order valence-corrected chi connectivity index (χ3v) is 1.27. The zero-order valence-corrected chi connectivity index (χ0v) is 4.78. The maximum atomic E-state index is 5.15. The first-order valence-electron chi connectivity index (χ1n) is 2.88. The summed E-state index contributed by atoms with van der Waals surface area (Å²) in [5.74, 6) is 8.86. The third kappa shape index (κ3) is 1.04. The van der Waals surface area contributed by atoms with E-state index >= 15 is 0 Å². The molecule has 0 radical (unpaired) electrons. The van der Waals surface area contributed by atoms with Gasteiger partial charge in [0.1, 0.15) is 0 Å². The van der Waals surface area contributed by atoms with E-state index in [1.807, 2.05) is 0 Å². The lowest BCUT2D eigenvalue weighted by atomic mass is 9.99. The lowest BCUT2D eigenvalue weighted by Gasteiger charge is -2.03. The molecule has 0 fully saturated rings. The molecule has 1 unspecified atom stereocenters. The Labute approximate surface area is 50.3 Å². The van der Waals surface area contributed by atoms with E-state index in [1.54, 1.807) is 0 Å². The summed E-state index contributed by atoms with van der Waals surface area (Å²) in [6, 6.07) is 0. The summed E-state index contributed by atoms with van der Waals surface area (Å²) < 4.78 is 0. The Balaban J connectivity index is 2.55. The minimum atomic E-state index is 0.253. The third-order valence-electron chi connectivity index (χ3n) is 1.27. The Morgan fingerprint density at radius 3 is 2.88 bits per heavy atom. The van der Waals surface area contributed by atoms with Crippen LogP contribution in [0.3, 0.4) is 0 Å². The molecule has 0 aromatic carbocycles. The second kappa shape index (κ2) is 2.43. The van der Waals surface area contributed by atoms with Crippen LogP contribution in [0.4, 0.5) is 0 Å². The maximum absolute atomic E-state index is 5.15. The molecular weight excluding hydrogens is 96.1 g/mol. The van der Waals surface area contributed by atoms with Gasteiger partial charge >= 0.3 is 0 Å². The van der Waals surface area contributed by atoms with Gasteiger partial charge in [0.15, 0.2) is 0 Å². The van der Waals surface area contributed by atoms with Crippen molar-refractivity contribution in [3.8, 4) is 24.2 Å². The molecule has 0 aromatic rings. The molecule has 1 atom stereocenters. The van der Waals surface area contributed by atoms with E-state index in [-0.39, 0.29) is 5.92 Å². The van der Waals surface area contributed by atoms with Crippen LogP contribution in [0.25, 0.3) is 0 Å². The highest BCUT2D eigenvalue weighted by molar-refractivity contribution is 5.16. The zero-order valence-electron chi connectivity index (χ0n) is 4.78. The molecule has 0 saturated carbocycles. The van der Waals surface area contributed by atoms with Crippen LogP contribution in [0.15, 0.2) is 0 Å². The first kappa shape index (κ1) is 5.26. The number of rotatable bonds is 0. The summed E-state index contributed by atoms with van der Waals surface area (Å²) in [5.41, 5.74) is 0.